The molecule has 0 bridgehead atoms. The van der Waals surface area contributed by atoms with Gasteiger partial charge in [-0.2, -0.15) is 0 Å². The molecule has 2 aliphatic rings. The van der Waals surface area contributed by atoms with Crippen molar-refractivity contribution in [2.24, 2.45) is 0 Å². The standard InChI is InChI=1S/C19H28N4O3/c1-3-26-16-6-4-15(5-7-16)21-18(25)23-13-12-22(2)19(14-23)9-8-17(24)20-11-10-19/h4-7H,3,8-14H2,1-2H3,(H,20,24)(H,21,25)/t19-/m0/s1. The number of hydrogen-bond acceptors (Lipinski definition) is 4. The Kier molecular flexibility index (Phi) is 5.66. The van der Waals surface area contributed by atoms with Gasteiger partial charge in [-0.15, -0.1) is 0 Å². The molecule has 3 rings (SSSR count). The lowest BCUT2D eigenvalue weighted by atomic mass is 9.86. The van der Waals surface area contributed by atoms with Gasteiger partial charge >= 0.3 is 6.03 Å². The molecule has 2 saturated heterocycles. The number of rotatable bonds is 3. The van der Waals surface area contributed by atoms with Crippen LogP contribution in [-0.4, -0.2) is 67.1 Å². The van der Waals surface area contributed by atoms with Crippen molar-refractivity contribution in [1.29, 1.82) is 0 Å². The van der Waals surface area contributed by atoms with Crippen LogP contribution in [0.3, 0.4) is 0 Å². The molecule has 1 spiro atoms. The van der Waals surface area contributed by atoms with E-state index in [1.807, 2.05) is 36.1 Å². The van der Waals surface area contributed by atoms with Gasteiger partial charge in [-0.25, -0.2) is 4.79 Å². The molecule has 0 unspecified atom stereocenters. The van der Waals surface area contributed by atoms with E-state index in [-0.39, 0.29) is 17.5 Å². The second-order valence-electron chi connectivity index (χ2n) is 7.05. The lowest BCUT2D eigenvalue weighted by Gasteiger charge is -2.49. The molecule has 2 heterocycles. The first-order valence-electron chi connectivity index (χ1n) is 9.29. The van der Waals surface area contributed by atoms with Gasteiger partial charge in [0.05, 0.1) is 6.61 Å². The fourth-order valence-electron chi connectivity index (χ4n) is 3.77. The van der Waals surface area contributed by atoms with Crippen LogP contribution >= 0.6 is 0 Å². The van der Waals surface area contributed by atoms with Gasteiger partial charge in [0.15, 0.2) is 0 Å². The predicted octanol–water partition coefficient (Wildman–Crippen LogP) is 1.90. The van der Waals surface area contributed by atoms with E-state index in [9.17, 15) is 9.59 Å². The van der Waals surface area contributed by atoms with Gasteiger partial charge in [-0.1, -0.05) is 0 Å². The van der Waals surface area contributed by atoms with Crippen LogP contribution in [0.15, 0.2) is 24.3 Å². The number of hydrogen-bond donors (Lipinski definition) is 2. The summed E-state index contributed by atoms with van der Waals surface area (Å²) in [6, 6.07) is 7.32. The van der Waals surface area contributed by atoms with Crippen molar-refractivity contribution in [3.63, 3.8) is 0 Å². The van der Waals surface area contributed by atoms with E-state index in [0.29, 0.717) is 32.7 Å². The number of urea groups is 1. The number of nitrogens with zero attached hydrogens (tertiary/aromatic N) is 2. The highest BCUT2D eigenvalue weighted by atomic mass is 16.5. The second kappa shape index (κ2) is 7.95. The molecule has 0 aromatic heterocycles. The SMILES string of the molecule is CCOc1ccc(NC(=O)N2CCN(C)[C@@]3(CCNC(=O)CC3)C2)cc1. The quantitative estimate of drug-likeness (QED) is 0.863. The molecular weight excluding hydrogens is 332 g/mol. The Bertz CT molecular complexity index is 649. The van der Waals surface area contributed by atoms with Crippen molar-refractivity contribution in [1.82, 2.24) is 15.1 Å². The van der Waals surface area contributed by atoms with Crippen LogP contribution < -0.4 is 15.4 Å². The third-order valence-corrected chi connectivity index (χ3v) is 5.43. The Morgan fingerprint density at radius 2 is 2.04 bits per heavy atom. The first-order chi connectivity index (χ1) is 12.5. The first-order valence-corrected chi connectivity index (χ1v) is 9.29. The van der Waals surface area contributed by atoms with Crippen molar-refractivity contribution in [3.05, 3.63) is 24.3 Å². The van der Waals surface area contributed by atoms with E-state index in [4.69, 9.17) is 4.74 Å². The van der Waals surface area contributed by atoms with Gasteiger partial charge < -0.3 is 20.3 Å². The number of piperazine rings is 1. The maximum Gasteiger partial charge on any atom is 0.321 e. The summed E-state index contributed by atoms with van der Waals surface area (Å²) in [5.74, 6) is 0.894. The summed E-state index contributed by atoms with van der Waals surface area (Å²) in [7, 11) is 2.09. The Morgan fingerprint density at radius 1 is 1.27 bits per heavy atom. The highest BCUT2D eigenvalue weighted by molar-refractivity contribution is 5.89. The zero-order valence-electron chi connectivity index (χ0n) is 15.6. The number of amides is 3. The third-order valence-electron chi connectivity index (χ3n) is 5.43. The number of carbonyl (C=O) groups is 2. The molecule has 142 valence electrons. The van der Waals surface area contributed by atoms with Crippen LogP contribution in [0.2, 0.25) is 0 Å². The maximum absolute atomic E-state index is 12.7. The fraction of sp³-hybridized carbons (Fsp3) is 0.579. The smallest absolute Gasteiger partial charge is 0.321 e. The summed E-state index contributed by atoms with van der Waals surface area (Å²) in [6.07, 6.45) is 2.16. The normalized spacial score (nSPS) is 24.1. The van der Waals surface area contributed by atoms with Crippen LogP contribution in [0, 0.1) is 0 Å². The molecule has 1 aromatic rings. The van der Waals surface area contributed by atoms with E-state index in [1.54, 1.807) is 0 Å². The van der Waals surface area contributed by atoms with E-state index >= 15 is 0 Å². The van der Waals surface area contributed by atoms with Crippen molar-refractivity contribution >= 4 is 17.6 Å². The monoisotopic (exact) mass is 360 g/mol. The van der Waals surface area contributed by atoms with Gasteiger partial charge in [0.2, 0.25) is 5.91 Å². The van der Waals surface area contributed by atoms with Crippen molar-refractivity contribution in [2.45, 2.75) is 31.7 Å². The summed E-state index contributed by atoms with van der Waals surface area (Å²) in [4.78, 5) is 28.6. The van der Waals surface area contributed by atoms with E-state index < -0.39 is 0 Å². The minimum atomic E-state index is -0.131. The molecule has 3 amide bonds. The highest BCUT2D eigenvalue weighted by Crippen LogP contribution is 2.30. The number of carbonyl (C=O) groups excluding carboxylic acids is 2. The zero-order valence-corrected chi connectivity index (χ0v) is 15.6. The van der Waals surface area contributed by atoms with Crippen LogP contribution in [0.4, 0.5) is 10.5 Å². The number of benzene rings is 1. The topological polar surface area (TPSA) is 73.9 Å². The number of nitrogens with one attached hydrogen (secondary N) is 2. The van der Waals surface area contributed by atoms with Gasteiger partial charge in [-0.05, 0) is 51.1 Å². The molecule has 2 aliphatic heterocycles. The average Bonchev–Trinajstić information content (AvgIpc) is 2.82. The first kappa shape index (κ1) is 18.5. The summed E-state index contributed by atoms with van der Waals surface area (Å²) in [5, 5.41) is 5.91. The predicted molar refractivity (Wildman–Crippen MR) is 100 cm³/mol. The number of anilines is 1. The van der Waals surface area contributed by atoms with E-state index in [1.165, 1.54) is 0 Å². The van der Waals surface area contributed by atoms with Crippen LogP contribution in [0.25, 0.3) is 0 Å². The zero-order chi connectivity index (χ0) is 18.6. The number of likely N-dealkylation sites (N-methyl/N-ethyl adjacent to an activating group) is 1. The van der Waals surface area contributed by atoms with Crippen molar-refractivity contribution in [2.75, 3.05) is 45.2 Å². The van der Waals surface area contributed by atoms with Crippen LogP contribution in [0.1, 0.15) is 26.2 Å². The van der Waals surface area contributed by atoms with Crippen molar-refractivity contribution < 1.29 is 14.3 Å². The largest absolute Gasteiger partial charge is 0.494 e. The molecule has 2 fully saturated rings. The molecule has 2 N–H and O–H groups in total. The second-order valence-corrected chi connectivity index (χ2v) is 7.05. The van der Waals surface area contributed by atoms with Crippen LogP contribution in [-0.2, 0) is 4.79 Å². The molecule has 1 atom stereocenters. The molecule has 7 heteroatoms. The lowest BCUT2D eigenvalue weighted by Crippen LogP contribution is -2.62. The summed E-state index contributed by atoms with van der Waals surface area (Å²) in [5.41, 5.74) is 0.622. The average molecular weight is 360 g/mol. The van der Waals surface area contributed by atoms with E-state index in [2.05, 4.69) is 22.6 Å². The van der Waals surface area contributed by atoms with Gasteiger partial charge in [0, 0.05) is 43.8 Å². The summed E-state index contributed by atoms with van der Waals surface area (Å²) >= 11 is 0. The minimum Gasteiger partial charge on any atom is -0.494 e. The molecule has 0 saturated carbocycles. The highest BCUT2D eigenvalue weighted by Gasteiger charge is 2.42. The summed E-state index contributed by atoms with van der Waals surface area (Å²) < 4.78 is 5.43. The maximum atomic E-state index is 12.7. The third kappa shape index (κ3) is 4.09. The minimum absolute atomic E-state index is 0.0924. The van der Waals surface area contributed by atoms with Gasteiger partial charge in [-0.3, -0.25) is 9.69 Å². The van der Waals surface area contributed by atoms with Gasteiger partial charge in [0.1, 0.15) is 5.75 Å². The van der Waals surface area contributed by atoms with E-state index in [0.717, 1.165) is 30.8 Å². The molecule has 7 nitrogen and oxygen atoms in total. The summed E-state index contributed by atoms with van der Waals surface area (Å²) in [6.45, 7) is 5.36. The van der Waals surface area contributed by atoms with Crippen molar-refractivity contribution in [3.8, 4) is 5.75 Å². The molecule has 0 radical (unpaired) electrons. The fourth-order valence-corrected chi connectivity index (χ4v) is 3.77. The molecular formula is C19H28N4O3. The van der Waals surface area contributed by atoms with Crippen LogP contribution in [0.5, 0.6) is 5.75 Å². The van der Waals surface area contributed by atoms with Gasteiger partial charge in [0.25, 0.3) is 0 Å². The molecule has 26 heavy (non-hydrogen) atoms. The Morgan fingerprint density at radius 3 is 2.77 bits per heavy atom. The Balaban J connectivity index is 1.64. The Hall–Kier alpha value is -2.28. The Labute approximate surface area is 154 Å². The number of ether oxygens (including phenoxy) is 1. The lowest BCUT2D eigenvalue weighted by molar-refractivity contribution is -0.121. The molecule has 0 aliphatic carbocycles. The molecule has 1 aromatic carbocycles.